The Balaban J connectivity index is 2.57. The van der Waals surface area contributed by atoms with Gasteiger partial charge in [-0.25, -0.2) is 4.99 Å². The van der Waals surface area contributed by atoms with Crippen molar-refractivity contribution in [2.75, 3.05) is 0 Å². The van der Waals surface area contributed by atoms with Crippen molar-refractivity contribution < 1.29 is 9.41 Å². The van der Waals surface area contributed by atoms with Crippen LogP contribution in [-0.2, 0) is 0 Å². The summed E-state index contributed by atoms with van der Waals surface area (Å²) >= 11 is 5.78. The Morgan fingerprint density at radius 3 is 2.93 bits per heavy atom. The van der Waals surface area contributed by atoms with Gasteiger partial charge in [0, 0.05) is 5.02 Å². The van der Waals surface area contributed by atoms with E-state index in [1.54, 1.807) is 18.2 Å². The molecule has 6 heteroatoms. The molecule has 72 valence electrons. The topological polar surface area (TPSA) is 92.0 Å². The molecule has 0 amide bonds. The zero-order chi connectivity index (χ0) is 10.1. The normalized spacial score (nSPS) is 10.4. The number of fused-ring (bicyclic) bond motifs is 1. The number of nitrogens with one attached hydrogen (secondary N) is 1. The summed E-state index contributed by atoms with van der Waals surface area (Å²) in [7, 11) is 0. The molecule has 14 heavy (non-hydrogen) atoms. The third-order valence-electron chi connectivity index (χ3n) is 1.60. The fourth-order valence-electron chi connectivity index (χ4n) is 1.08. The highest BCUT2D eigenvalue weighted by atomic mass is 35.5. The minimum absolute atomic E-state index is 0.0302. The molecule has 5 N–H and O–H groups in total. The van der Waals surface area contributed by atoms with Gasteiger partial charge in [0.2, 0.25) is 0 Å². The average molecular weight is 212 g/mol. The molecular formula is C8H8ClN4O+. The zero-order valence-corrected chi connectivity index (χ0v) is 7.88. The first-order valence-corrected chi connectivity index (χ1v) is 4.24. The van der Waals surface area contributed by atoms with Gasteiger partial charge < -0.3 is 15.9 Å². The number of guanidine groups is 1. The van der Waals surface area contributed by atoms with E-state index in [0.717, 1.165) is 0 Å². The summed E-state index contributed by atoms with van der Waals surface area (Å²) in [6.07, 6.45) is 0. The number of nitrogens with zero attached hydrogens (tertiary/aromatic N) is 1. The molecule has 1 aromatic heterocycles. The van der Waals surface area contributed by atoms with Crippen LogP contribution in [0, 0.1) is 0 Å². The van der Waals surface area contributed by atoms with Crippen LogP contribution in [0.25, 0.3) is 11.1 Å². The highest BCUT2D eigenvalue weighted by Crippen LogP contribution is 2.19. The molecule has 1 heterocycles. The lowest BCUT2D eigenvalue weighted by Gasteiger charge is -1.84. The van der Waals surface area contributed by atoms with Crippen LogP contribution in [0.3, 0.4) is 0 Å². The SMILES string of the molecule is NC(N)=[NH+]c1nc2cc(Cl)ccc2o1. The number of halogens is 1. The second-order valence-electron chi connectivity index (χ2n) is 2.71. The predicted molar refractivity (Wildman–Crippen MR) is 53.0 cm³/mol. The molecule has 0 aliphatic heterocycles. The van der Waals surface area contributed by atoms with Crippen LogP contribution in [0.5, 0.6) is 0 Å². The van der Waals surface area contributed by atoms with Crippen molar-refractivity contribution in [2.45, 2.75) is 0 Å². The highest BCUT2D eigenvalue weighted by molar-refractivity contribution is 6.31. The Hall–Kier alpha value is -1.75. The van der Waals surface area contributed by atoms with Gasteiger partial charge in [0.1, 0.15) is 0 Å². The van der Waals surface area contributed by atoms with Crippen molar-refractivity contribution in [1.29, 1.82) is 0 Å². The van der Waals surface area contributed by atoms with Gasteiger partial charge in [-0.3, -0.25) is 0 Å². The largest absolute Gasteiger partial charge is 0.406 e. The second-order valence-corrected chi connectivity index (χ2v) is 3.15. The fraction of sp³-hybridized carbons (Fsp3) is 0. The van der Waals surface area contributed by atoms with Crippen molar-refractivity contribution in [3.05, 3.63) is 23.2 Å². The van der Waals surface area contributed by atoms with Gasteiger partial charge in [-0.05, 0) is 18.2 Å². The number of aromatic nitrogens is 1. The molecule has 0 saturated carbocycles. The minimum Gasteiger partial charge on any atom is -0.404 e. The summed E-state index contributed by atoms with van der Waals surface area (Å²) in [6, 6.07) is 5.39. The van der Waals surface area contributed by atoms with E-state index < -0.39 is 0 Å². The first kappa shape index (κ1) is 8.83. The van der Waals surface area contributed by atoms with E-state index in [1.807, 2.05) is 0 Å². The lowest BCUT2D eigenvalue weighted by atomic mass is 10.3. The fourth-order valence-corrected chi connectivity index (χ4v) is 1.24. The van der Waals surface area contributed by atoms with E-state index in [1.165, 1.54) is 0 Å². The van der Waals surface area contributed by atoms with Crippen LogP contribution < -0.4 is 16.5 Å². The minimum atomic E-state index is 0.0302. The first-order chi connectivity index (χ1) is 6.65. The smallest absolute Gasteiger partial charge is 0.404 e. The number of hydrogen-bond donors (Lipinski definition) is 3. The van der Waals surface area contributed by atoms with Crippen LogP contribution in [0.1, 0.15) is 0 Å². The van der Waals surface area contributed by atoms with Gasteiger partial charge in [-0.15, -0.1) is 0 Å². The van der Waals surface area contributed by atoms with Gasteiger partial charge in [-0.2, -0.15) is 0 Å². The molecule has 0 aliphatic rings. The van der Waals surface area contributed by atoms with Gasteiger partial charge in [-0.1, -0.05) is 16.6 Å². The molecule has 0 spiro atoms. The van der Waals surface area contributed by atoms with Gasteiger partial charge in [0.25, 0.3) is 0 Å². The van der Waals surface area contributed by atoms with Crippen LogP contribution in [0.4, 0.5) is 6.01 Å². The maximum absolute atomic E-state index is 5.78. The Labute approximate surface area is 84.4 Å². The molecular weight excluding hydrogens is 204 g/mol. The number of nitrogens with two attached hydrogens (primary N) is 2. The van der Waals surface area contributed by atoms with Crippen LogP contribution >= 0.6 is 11.6 Å². The van der Waals surface area contributed by atoms with Crippen molar-refractivity contribution in [3.63, 3.8) is 0 Å². The molecule has 1 aromatic carbocycles. The number of rotatable bonds is 1. The van der Waals surface area contributed by atoms with Crippen molar-refractivity contribution in [1.82, 2.24) is 4.98 Å². The van der Waals surface area contributed by atoms with E-state index >= 15 is 0 Å². The molecule has 2 aromatic rings. The number of oxazole rings is 1. The number of hydrogen-bond acceptors (Lipinski definition) is 2. The Morgan fingerprint density at radius 1 is 1.43 bits per heavy atom. The summed E-state index contributed by atoms with van der Waals surface area (Å²) in [4.78, 5) is 6.64. The third kappa shape index (κ3) is 1.62. The quantitative estimate of drug-likeness (QED) is 0.437. The zero-order valence-electron chi connectivity index (χ0n) is 7.12. The van der Waals surface area contributed by atoms with E-state index in [4.69, 9.17) is 27.5 Å². The van der Waals surface area contributed by atoms with Gasteiger partial charge in [0.15, 0.2) is 11.1 Å². The molecule has 0 radical (unpaired) electrons. The summed E-state index contributed by atoms with van der Waals surface area (Å²) in [5.41, 5.74) is 11.7. The van der Waals surface area contributed by atoms with Crippen LogP contribution in [0.15, 0.2) is 22.6 Å². The van der Waals surface area contributed by atoms with Crippen molar-refractivity contribution in [3.8, 4) is 0 Å². The number of benzene rings is 1. The standard InChI is InChI=1S/C8H7ClN4O/c9-4-1-2-6-5(3-4)12-8(14-6)13-7(10)11/h1-3H,(H4,10,11,12,13)/p+1. The molecule has 0 aliphatic carbocycles. The molecule has 2 rings (SSSR count). The molecule has 0 unspecified atom stereocenters. The maximum atomic E-state index is 5.78. The van der Waals surface area contributed by atoms with E-state index in [0.29, 0.717) is 16.1 Å². The maximum Gasteiger partial charge on any atom is 0.406 e. The van der Waals surface area contributed by atoms with Crippen molar-refractivity contribution >= 4 is 34.7 Å². The summed E-state index contributed by atoms with van der Waals surface area (Å²) in [6.45, 7) is 0. The molecule has 5 nitrogen and oxygen atoms in total. The lowest BCUT2D eigenvalue weighted by Crippen LogP contribution is -2.72. The van der Waals surface area contributed by atoms with Gasteiger partial charge in [0.05, 0.1) is 0 Å². The van der Waals surface area contributed by atoms with Crippen LogP contribution in [-0.4, -0.2) is 10.9 Å². The van der Waals surface area contributed by atoms with Crippen LogP contribution in [0.2, 0.25) is 5.02 Å². The monoisotopic (exact) mass is 211 g/mol. The molecule has 0 atom stereocenters. The summed E-state index contributed by atoms with van der Waals surface area (Å²) in [5, 5.41) is 0.599. The van der Waals surface area contributed by atoms with E-state index in [-0.39, 0.29) is 12.0 Å². The lowest BCUT2D eigenvalue weighted by molar-refractivity contribution is -0.379. The first-order valence-electron chi connectivity index (χ1n) is 3.86. The molecule has 0 fully saturated rings. The Morgan fingerprint density at radius 2 is 2.21 bits per heavy atom. The summed E-state index contributed by atoms with van der Waals surface area (Å²) in [5.74, 6) is 0.0302. The molecule has 0 saturated heterocycles. The van der Waals surface area contributed by atoms with Gasteiger partial charge >= 0.3 is 12.0 Å². The third-order valence-corrected chi connectivity index (χ3v) is 1.84. The van der Waals surface area contributed by atoms with E-state index in [2.05, 4.69) is 9.98 Å². The summed E-state index contributed by atoms with van der Waals surface area (Å²) < 4.78 is 5.27. The van der Waals surface area contributed by atoms with E-state index in [9.17, 15) is 0 Å². The molecule has 0 bridgehead atoms. The van der Waals surface area contributed by atoms with Crippen molar-refractivity contribution in [2.24, 2.45) is 11.5 Å². The average Bonchev–Trinajstić information content (AvgIpc) is 2.44. The second kappa shape index (κ2) is 3.19. The predicted octanol–water partition coefficient (Wildman–Crippen LogP) is -0.533. The highest BCUT2D eigenvalue weighted by Gasteiger charge is 2.08. The Kier molecular flexibility index (Phi) is 2.01. The Bertz CT molecular complexity index is 501.